The van der Waals surface area contributed by atoms with E-state index in [9.17, 15) is 5.11 Å². The number of hydrogen-bond donors (Lipinski definition) is 1. The number of hydrogen-bond acceptors (Lipinski definition) is 2. The number of furan rings is 1. The SMILES string of the molecule is CC(C)=CCC/C(C)=C/CC(O)c1ccoc1. The summed E-state index contributed by atoms with van der Waals surface area (Å²) in [4.78, 5) is 0. The van der Waals surface area contributed by atoms with E-state index >= 15 is 0 Å². The molecule has 0 spiro atoms. The van der Waals surface area contributed by atoms with Crippen molar-refractivity contribution in [1.29, 1.82) is 0 Å². The van der Waals surface area contributed by atoms with Crippen molar-refractivity contribution in [2.24, 2.45) is 0 Å². The van der Waals surface area contributed by atoms with Gasteiger partial charge in [-0.25, -0.2) is 0 Å². The molecule has 0 bridgehead atoms. The van der Waals surface area contributed by atoms with Gasteiger partial charge in [0.25, 0.3) is 0 Å². The van der Waals surface area contributed by atoms with Gasteiger partial charge >= 0.3 is 0 Å². The molecule has 0 saturated heterocycles. The topological polar surface area (TPSA) is 33.4 Å². The van der Waals surface area contributed by atoms with Crippen molar-refractivity contribution in [3.8, 4) is 0 Å². The summed E-state index contributed by atoms with van der Waals surface area (Å²) >= 11 is 0. The summed E-state index contributed by atoms with van der Waals surface area (Å²) in [5.41, 5.74) is 3.53. The van der Waals surface area contributed by atoms with Gasteiger partial charge in [-0.3, -0.25) is 0 Å². The molecule has 1 heterocycles. The molecule has 0 saturated carbocycles. The van der Waals surface area contributed by atoms with E-state index in [4.69, 9.17) is 4.42 Å². The predicted octanol–water partition coefficient (Wildman–Crippen LogP) is 4.40. The summed E-state index contributed by atoms with van der Waals surface area (Å²) in [6, 6.07) is 1.80. The first-order valence-corrected chi connectivity index (χ1v) is 6.08. The molecule has 0 aliphatic heterocycles. The molecule has 0 fully saturated rings. The zero-order valence-electron chi connectivity index (χ0n) is 10.9. The Labute approximate surface area is 104 Å². The Bertz CT molecular complexity index is 368. The van der Waals surface area contributed by atoms with Crippen LogP contribution < -0.4 is 0 Å². The summed E-state index contributed by atoms with van der Waals surface area (Å²) in [5, 5.41) is 9.86. The van der Waals surface area contributed by atoms with E-state index in [0.29, 0.717) is 6.42 Å². The van der Waals surface area contributed by atoms with Crippen molar-refractivity contribution in [2.45, 2.75) is 46.1 Å². The van der Waals surface area contributed by atoms with Crippen LogP contribution in [0.2, 0.25) is 0 Å². The summed E-state index contributed by atoms with van der Waals surface area (Å²) in [7, 11) is 0. The van der Waals surface area contributed by atoms with Crippen molar-refractivity contribution in [3.63, 3.8) is 0 Å². The number of allylic oxidation sites excluding steroid dienone is 3. The van der Waals surface area contributed by atoms with Crippen molar-refractivity contribution >= 4 is 0 Å². The van der Waals surface area contributed by atoms with Crippen molar-refractivity contribution in [2.75, 3.05) is 0 Å². The first-order valence-electron chi connectivity index (χ1n) is 6.08. The van der Waals surface area contributed by atoms with Gasteiger partial charge in [-0.05, 0) is 46.1 Å². The number of aliphatic hydroxyl groups is 1. The minimum atomic E-state index is -0.452. The van der Waals surface area contributed by atoms with E-state index in [-0.39, 0.29) is 0 Å². The van der Waals surface area contributed by atoms with Gasteiger partial charge in [0.05, 0.1) is 18.6 Å². The van der Waals surface area contributed by atoms with Crippen LogP contribution in [-0.2, 0) is 0 Å². The molecule has 1 unspecified atom stereocenters. The van der Waals surface area contributed by atoms with Gasteiger partial charge in [0.15, 0.2) is 0 Å². The van der Waals surface area contributed by atoms with Crippen LogP contribution in [0.4, 0.5) is 0 Å². The van der Waals surface area contributed by atoms with Crippen LogP contribution in [0.1, 0.15) is 51.7 Å². The minimum absolute atomic E-state index is 0.452. The lowest BCUT2D eigenvalue weighted by Crippen LogP contribution is -1.93. The van der Waals surface area contributed by atoms with Crippen LogP contribution in [-0.4, -0.2) is 5.11 Å². The zero-order valence-corrected chi connectivity index (χ0v) is 10.9. The van der Waals surface area contributed by atoms with Crippen LogP contribution in [0.15, 0.2) is 46.3 Å². The van der Waals surface area contributed by atoms with E-state index in [1.54, 1.807) is 18.6 Å². The quantitative estimate of drug-likeness (QED) is 0.740. The highest BCUT2D eigenvalue weighted by molar-refractivity contribution is 5.12. The van der Waals surface area contributed by atoms with Crippen LogP contribution >= 0.6 is 0 Å². The molecule has 1 aromatic rings. The third-order valence-electron chi connectivity index (χ3n) is 2.71. The van der Waals surface area contributed by atoms with Gasteiger partial charge in [-0.15, -0.1) is 0 Å². The Morgan fingerprint density at radius 3 is 2.71 bits per heavy atom. The molecule has 1 rings (SSSR count). The maximum Gasteiger partial charge on any atom is 0.0960 e. The fraction of sp³-hybridized carbons (Fsp3) is 0.467. The Morgan fingerprint density at radius 2 is 2.12 bits per heavy atom. The van der Waals surface area contributed by atoms with Gasteiger partial charge in [-0.2, -0.15) is 0 Å². The minimum Gasteiger partial charge on any atom is -0.472 e. The second kappa shape index (κ2) is 7.13. The van der Waals surface area contributed by atoms with Gasteiger partial charge in [0, 0.05) is 5.56 Å². The molecule has 1 aromatic heterocycles. The van der Waals surface area contributed by atoms with E-state index < -0.39 is 6.10 Å². The standard InChI is InChI=1S/C15H22O2/c1-12(2)5-4-6-13(3)7-8-15(16)14-9-10-17-11-14/h5,7,9-11,15-16H,4,6,8H2,1-3H3/b13-7+. The van der Waals surface area contributed by atoms with Crippen LogP contribution in [0.25, 0.3) is 0 Å². The van der Waals surface area contributed by atoms with Crippen LogP contribution in [0.5, 0.6) is 0 Å². The molecule has 0 aliphatic rings. The second-order valence-corrected chi connectivity index (χ2v) is 4.68. The highest BCUT2D eigenvalue weighted by Crippen LogP contribution is 2.19. The second-order valence-electron chi connectivity index (χ2n) is 4.68. The molecular weight excluding hydrogens is 212 g/mol. The van der Waals surface area contributed by atoms with E-state index in [1.165, 1.54) is 11.1 Å². The summed E-state index contributed by atoms with van der Waals surface area (Å²) in [5.74, 6) is 0. The molecule has 0 aliphatic carbocycles. The summed E-state index contributed by atoms with van der Waals surface area (Å²) in [6.45, 7) is 6.34. The predicted molar refractivity (Wildman–Crippen MR) is 70.7 cm³/mol. The van der Waals surface area contributed by atoms with Crippen LogP contribution in [0.3, 0.4) is 0 Å². The van der Waals surface area contributed by atoms with Gasteiger partial charge in [0.2, 0.25) is 0 Å². The van der Waals surface area contributed by atoms with Gasteiger partial charge in [-0.1, -0.05) is 23.3 Å². The average molecular weight is 234 g/mol. The molecule has 94 valence electrons. The van der Waals surface area contributed by atoms with Crippen LogP contribution in [0, 0.1) is 0 Å². The van der Waals surface area contributed by atoms with E-state index in [1.807, 2.05) is 0 Å². The van der Waals surface area contributed by atoms with Gasteiger partial charge in [0.1, 0.15) is 0 Å². The zero-order chi connectivity index (χ0) is 12.7. The fourth-order valence-electron chi connectivity index (χ4n) is 1.60. The van der Waals surface area contributed by atoms with Crippen molar-refractivity contribution < 1.29 is 9.52 Å². The fourth-order valence-corrected chi connectivity index (χ4v) is 1.60. The molecular formula is C15H22O2. The first kappa shape index (κ1) is 13.8. The monoisotopic (exact) mass is 234 g/mol. The van der Waals surface area contributed by atoms with Crippen molar-refractivity contribution in [3.05, 3.63) is 47.5 Å². The number of rotatable bonds is 6. The Balaban J connectivity index is 2.35. The first-order chi connectivity index (χ1) is 8.09. The Hall–Kier alpha value is -1.28. The molecule has 2 nitrogen and oxygen atoms in total. The molecule has 0 amide bonds. The third-order valence-corrected chi connectivity index (χ3v) is 2.71. The third kappa shape index (κ3) is 5.55. The molecule has 2 heteroatoms. The molecule has 0 aromatic carbocycles. The number of aliphatic hydroxyl groups excluding tert-OH is 1. The van der Waals surface area contributed by atoms with Gasteiger partial charge < -0.3 is 9.52 Å². The molecule has 17 heavy (non-hydrogen) atoms. The van der Waals surface area contributed by atoms with E-state index in [0.717, 1.165) is 18.4 Å². The normalized spacial score (nSPS) is 13.5. The lowest BCUT2D eigenvalue weighted by atomic mass is 10.1. The summed E-state index contributed by atoms with van der Waals surface area (Å²) < 4.78 is 4.95. The average Bonchev–Trinajstić information content (AvgIpc) is 2.78. The van der Waals surface area contributed by atoms with Crippen molar-refractivity contribution in [1.82, 2.24) is 0 Å². The molecule has 0 radical (unpaired) electrons. The largest absolute Gasteiger partial charge is 0.472 e. The maximum absolute atomic E-state index is 9.86. The Kier molecular flexibility index (Phi) is 5.78. The molecule has 1 N–H and O–H groups in total. The summed E-state index contributed by atoms with van der Waals surface area (Å²) in [6.07, 6.45) is 9.87. The highest BCUT2D eigenvalue weighted by atomic mass is 16.3. The molecule has 1 atom stereocenters. The van der Waals surface area contributed by atoms with E-state index in [2.05, 4.69) is 32.9 Å². The highest BCUT2D eigenvalue weighted by Gasteiger charge is 2.06. The Morgan fingerprint density at radius 1 is 1.35 bits per heavy atom. The smallest absolute Gasteiger partial charge is 0.0960 e. The lowest BCUT2D eigenvalue weighted by molar-refractivity contribution is 0.180. The lowest BCUT2D eigenvalue weighted by Gasteiger charge is -2.05. The maximum atomic E-state index is 9.86.